The summed E-state index contributed by atoms with van der Waals surface area (Å²) < 4.78 is 0. The number of hydrogen-bond acceptors (Lipinski definition) is 3. The van der Waals surface area contributed by atoms with E-state index >= 15 is 0 Å². The molecule has 2 saturated heterocycles. The Hall–Kier alpha value is -1.10. The lowest BCUT2D eigenvalue weighted by Gasteiger charge is -2.32. The molecule has 0 aromatic rings. The van der Waals surface area contributed by atoms with E-state index in [0.717, 1.165) is 19.4 Å². The van der Waals surface area contributed by atoms with Crippen molar-refractivity contribution in [3.05, 3.63) is 0 Å². The van der Waals surface area contributed by atoms with Crippen LogP contribution in [0.5, 0.6) is 0 Å². The minimum Gasteiger partial charge on any atom is -0.354 e. The molecule has 5 nitrogen and oxygen atoms in total. The molecule has 0 aromatic carbocycles. The molecule has 2 heterocycles. The van der Waals surface area contributed by atoms with Gasteiger partial charge in [0.25, 0.3) is 0 Å². The van der Waals surface area contributed by atoms with Gasteiger partial charge in [0.05, 0.1) is 6.54 Å². The summed E-state index contributed by atoms with van der Waals surface area (Å²) in [5, 5.41) is 2.80. The third kappa shape index (κ3) is 4.20. The zero-order valence-electron chi connectivity index (χ0n) is 11.9. The van der Waals surface area contributed by atoms with Crippen LogP contribution in [0.1, 0.15) is 38.5 Å². The highest BCUT2D eigenvalue weighted by Crippen LogP contribution is 2.19. The number of carbonyl (C=O) groups is 2. The molecule has 2 rings (SSSR count). The van der Waals surface area contributed by atoms with Crippen LogP contribution in [-0.2, 0) is 9.59 Å². The molecule has 0 unspecified atom stereocenters. The van der Waals surface area contributed by atoms with Crippen LogP contribution in [0.3, 0.4) is 0 Å². The van der Waals surface area contributed by atoms with Crippen LogP contribution in [0.2, 0.25) is 0 Å². The largest absolute Gasteiger partial charge is 0.354 e. The third-order valence-electron chi connectivity index (χ3n) is 4.23. The zero-order chi connectivity index (χ0) is 13.7. The van der Waals surface area contributed by atoms with Crippen molar-refractivity contribution in [2.45, 2.75) is 44.6 Å². The normalized spacial score (nSPS) is 25.8. The van der Waals surface area contributed by atoms with Crippen LogP contribution in [-0.4, -0.2) is 60.9 Å². The summed E-state index contributed by atoms with van der Waals surface area (Å²) in [6.45, 7) is 2.77. The van der Waals surface area contributed by atoms with Gasteiger partial charge in [0, 0.05) is 25.6 Å². The number of carbonyl (C=O) groups excluding carboxylic acids is 2. The number of nitrogens with one attached hydrogen (secondary N) is 1. The van der Waals surface area contributed by atoms with Gasteiger partial charge in [0.1, 0.15) is 0 Å². The Balaban J connectivity index is 1.78. The van der Waals surface area contributed by atoms with Gasteiger partial charge < -0.3 is 15.1 Å². The van der Waals surface area contributed by atoms with Crippen LogP contribution in [0.25, 0.3) is 0 Å². The maximum absolute atomic E-state index is 12.2. The number of rotatable bonds is 3. The van der Waals surface area contributed by atoms with Crippen molar-refractivity contribution in [1.29, 1.82) is 0 Å². The van der Waals surface area contributed by atoms with Crippen molar-refractivity contribution in [3.8, 4) is 0 Å². The Kier molecular flexibility index (Phi) is 5.19. The van der Waals surface area contributed by atoms with Crippen LogP contribution in [0, 0.1) is 0 Å². The average molecular weight is 267 g/mol. The Morgan fingerprint density at radius 2 is 2.16 bits per heavy atom. The Labute approximate surface area is 115 Å². The molecule has 2 aliphatic rings. The standard InChI is InChI=1S/C14H25N3O2/c1-16-9-3-2-5-12(16)6-7-14(19)17-10-4-8-15-13(18)11-17/h12H,2-11H2,1H3,(H,15,18)/t12-/m1/s1. The molecule has 0 bridgehead atoms. The smallest absolute Gasteiger partial charge is 0.239 e. The second kappa shape index (κ2) is 6.89. The van der Waals surface area contributed by atoms with Gasteiger partial charge in [-0.05, 0) is 39.3 Å². The predicted octanol–water partition coefficient (Wildman–Crippen LogP) is 0.599. The van der Waals surface area contributed by atoms with Crippen molar-refractivity contribution in [3.63, 3.8) is 0 Å². The maximum Gasteiger partial charge on any atom is 0.239 e. The summed E-state index contributed by atoms with van der Waals surface area (Å²) in [7, 11) is 2.15. The molecule has 0 saturated carbocycles. The summed E-state index contributed by atoms with van der Waals surface area (Å²) in [6.07, 6.45) is 6.10. The first-order valence-corrected chi connectivity index (χ1v) is 7.41. The lowest BCUT2D eigenvalue weighted by atomic mass is 9.98. The fourth-order valence-electron chi connectivity index (χ4n) is 2.98. The summed E-state index contributed by atoms with van der Waals surface area (Å²) in [4.78, 5) is 27.7. The third-order valence-corrected chi connectivity index (χ3v) is 4.23. The van der Waals surface area contributed by atoms with Crippen molar-refractivity contribution in [2.24, 2.45) is 0 Å². The lowest BCUT2D eigenvalue weighted by Crippen LogP contribution is -2.40. The molecule has 0 aromatic heterocycles. The molecule has 0 aliphatic carbocycles. The van der Waals surface area contributed by atoms with E-state index in [9.17, 15) is 9.59 Å². The van der Waals surface area contributed by atoms with Gasteiger partial charge in [-0.25, -0.2) is 0 Å². The number of likely N-dealkylation sites (tertiary alicyclic amines) is 1. The van der Waals surface area contributed by atoms with Crippen LogP contribution >= 0.6 is 0 Å². The van der Waals surface area contributed by atoms with Crippen molar-refractivity contribution >= 4 is 11.8 Å². The SMILES string of the molecule is CN1CCCC[C@@H]1CCC(=O)N1CCCNC(=O)C1. The first-order chi connectivity index (χ1) is 9.16. The van der Waals surface area contributed by atoms with E-state index < -0.39 is 0 Å². The van der Waals surface area contributed by atoms with Crippen molar-refractivity contribution < 1.29 is 9.59 Å². The van der Waals surface area contributed by atoms with Gasteiger partial charge in [0.15, 0.2) is 0 Å². The molecule has 1 N–H and O–H groups in total. The fourth-order valence-corrected chi connectivity index (χ4v) is 2.98. The molecule has 2 fully saturated rings. The maximum atomic E-state index is 12.2. The van der Waals surface area contributed by atoms with Gasteiger partial charge in [-0.2, -0.15) is 0 Å². The quantitative estimate of drug-likeness (QED) is 0.814. The fraction of sp³-hybridized carbons (Fsp3) is 0.857. The minimum absolute atomic E-state index is 0.0272. The second-order valence-electron chi connectivity index (χ2n) is 5.69. The van der Waals surface area contributed by atoms with Gasteiger partial charge >= 0.3 is 0 Å². The lowest BCUT2D eigenvalue weighted by molar-refractivity contribution is -0.135. The van der Waals surface area contributed by atoms with E-state index in [4.69, 9.17) is 0 Å². The molecule has 5 heteroatoms. The molecule has 0 radical (unpaired) electrons. The topological polar surface area (TPSA) is 52.7 Å². The molecule has 2 amide bonds. The summed E-state index contributed by atoms with van der Waals surface area (Å²) in [5.74, 6) is 0.108. The molecular weight excluding hydrogens is 242 g/mol. The molecule has 108 valence electrons. The summed E-state index contributed by atoms with van der Waals surface area (Å²) in [5.41, 5.74) is 0. The summed E-state index contributed by atoms with van der Waals surface area (Å²) in [6, 6.07) is 0.540. The minimum atomic E-state index is -0.0272. The first-order valence-electron chi connectivity index (χ1n) is 7.41. The Morgan fingerprint density at radius 1 is 1.32 bits per heavy atom. The Morgan fingerprint density at radius 3 is 2.95 bits per heavy atom. The number of hydrogen-bond donors (Lipinski definition) is 1. The van der Waals surface area contributed by atoms with E-state index in [1.165, 1.54) is 19.3 Å². The zero-order valence-corrected chi connectivity index (χ0v) is 11.9. The van der Waals surface area contributed by atoms with Crippen molar-refractivity contribution in [2.75, 3.05) is 33.2 Å². The van der Waals surface area contributed by atoms with E-state index in [2.05, 4.69) is 17.3 Å². The van der Waals surface area contributed by atoms with Crippen LogP contribution in [0.15, 0.2) is 0 Å². The van der Waals surface area contributed by atoms with Crippen LogP contribution < -0.4 is 5.32 Å². The predicted molar refractivity (Wildman–Crippen MR) is 73.7 cm³/mol. The van der Waals surface area contributed by atoms with Crippen molar-refractivity contribution in [1.82, 2.24) is 15.1 Å². The van der Waals surface area contributed by atoms with E-state index in [1.807, 2.05) is 0 Å². The number of amides is 2. The molecule has 2 aliphatic heterocycles. The van der Waals surface area contributed by atoms with E-state index in [0.29, 0.717) is 25.6 Å². The highest BCUT2D eigenvalue weighted by Gasteiger charge is 2.23. The highest BCUT2D eigenvalue weighted by molar-refractivity contribution is 5.85. The monoisotopic (exact) mass is 267 g/mol. The van der Waals surface area contributed by atoms with Gasteiger partial charge in [-0.15, -0.1) is 0 Å². The van der Waals surface area contributed by atoms with Gasteiger partial charge in [-0.1, -0.05) is 6.42 Å². The summed E-state index contributed by atoms with van der Waals surface area (Å²) >= 11 is 0. The second-order valence-corrected chi connectivity index (χ2v) is 5.69. The van der Waals surface area contributed by atoms with Crippen LogP contribution in [0.4, 0.5) is 0 Å². The van der Waals surface area contributed by atoms with Gasteiger partial charge in [0.2, 0.25) is 11.8 Å². The molecule has 19 heavy (non-hydrogen) atoms. The Bertz CT molecular complexity index is 333. The average Bonchev–Trinajstić information content (AvgIpc) is 2.62. The molecule has 1 atom stereocenters. The number of nitrogens with zero attached hydrogens (tertiary/aromatic N) is 2. The molecular formula is C14H25N3O2. The van der Waals surface area contributed by atoms with E-state index in [-0.39, 0.29) is 18.4 Å². The highest BCUT2D eigenvalue weighted by atomic mass is 16.2. The molecule has 0 spiro atoms. The number of piperidine rings is 1. The van der Waals surface area contributed by atoms with E-state index in [1.54, 1.807) is 4.90 Å². The van der Waals surface area contributed by atoms with Gasteiger partial charge in [-0.3, -0.25) is 9.59 Å². The first kappa shape index (κ1) is 14.3.